The number of ether oxygens (including phenoxy) is 2. The second-order valence-electron chi connectivity index (χ2n) is 4.16. The Hall–Kier alpha value is -0.480. The van der Waals surface area contributed by atoms with Crippen LogP contribution in [0.5, 0.6) is 11.5 Å². The van der Waals surface area contributed by atoms with E-state index in [0.29, 0.717) is 30.6 Å². The normalized spacial score (nSPS) is 12.2. The average Bonchev–Trinajstić information content (AvgIpc) is 2.42. The summed E-state index contributed by atoms with van der Waals surface area (Å²) in [5, 5.41) is 0. The summed E-state index contributed by atoms with van der Waals surface area (Å²) < 4.78 is 11.3. The standard InChI is InChI=1S/C14H22O2S2/c1-3-11(2)12-4-5-13(15-6-8-17)14(10-12)16-7-9-18/h4-5,10-11,17-18H,3,6-9H2,1-2H3. The highest BCUT2D eigenvalue weighted by Crippen LogP contribution is 2.32. The monoisotopic (exact) mass is 286 g/mol. The molecule has 0 spiro atoms. The predicted octanol–water partition coefficient (Wildman–Crippen LogP) is 3.82. The van der Waals surface area contributed by atoms with Crippen LogP contribution in [0.15, 0.2) is 18.2 Å². The Bertz CT molecular complexity index is 356. The van der Waals surface area contributed by atoms with Gasteiger partial charge in [0.1, 0.15) is 0 Å². The second kappa shape index (κ2) is 8.59. The molecule has 0 aliphatic carbocycles. The van der Waals surface area contributed by atoms with Crippen molar-refractivity contribution in [2.75, 3.05) is 24.7 Å². The molecule has 18 heavy (non-hydrogen) atoms. The Morgan fingerprint density at radius 1 is 1.06 bits per heavy atom. The second-order valence-corrected chi connectivity index (χ2v) is 5.05. The van der Waals surface area contributed by atoms with Gasteiger partial charge in [-0.05, 0) is 30.0 Å². The molecule has 1 rings (SSSR count). The smallest absolute Gasteiger partial charge is 0.161 e. The molecule has 102 valence electrons. The maximum absolute atomic E-state index is 5.69. The lowest BCUT2D eigenvalue weighted by Crippen LogP contribution is -2.05. The van der Waals surface area contributed by atoms with Gasteiger partial charge in [0.05, 0.1) is 13.2 Å². The van der Waals surface area contributed by atoms with E-state index in [1.807, 2.05) is 6.07 Å². The summed E-state index contributed by atoms with van der Waals surface area (Å²) in [7, 11) is 0. The molecule has 0 amide bonds. The van der Waals surface area contributed by atoms with E-state index < -0.39 is 0 Å². The van der Waals surface area contributed by atoms with Crippen LogP contribution in [0.25, 0.3) is 0 Å². The summed E-state index contributed by atoms with van der Waals surface area (Å²) in [5.41, 5.74) is 1.28. The van der Waals surface area contributed by atoms with E-state index in [1.54, 1.807) is 0 Å². The quantitative estimate of drug-likeness (QED) is 0.708. The highest BCUT2D eigenvalue weighted by molar-refractivity contribution is 7.80. The van der Waals surface area contributed by atoms with Gasteiger partial charge in [-0.3, -0.25) is 0 Å². The molecule has 0 N–H and O–H groups in total. The fraction of sp³-hybridized carbons (Fsp3) is 0.571. The third-order valence-corrected chi connectivity index (χ3v) is 3.21. The molecule has 0 fully saturated rings. The molecular weight excluding hydrogens is 264 g/mol. The molecule has 0 radical (unpaired) electrons. The van der Waals surface area contributed by atoms with E-state index in [9.17, 15) is 0 Å². The van der Waals surface area contributed by atoms with E-state index in [4.69, 9.17) is 9.47 Å². The van der Waals surface area contributed by atoms with Gasteiger partial charge in [0.15, 0.2) is 11.5 Å². The van der Waals surface area contributed by atoms with Crippen LogP contribution in [0.4, 0.5) is 0 Å². The zero-order valence-electron chi connectivity index (χ0n) is 11.1. The minimum absolute atomic E-state index is 0.530. The zero-order chi connectivity index (χ0) is 13.4. The molecule has 1 atom stereocenters. The van der Waals surface area contributed by atoms with Crippen LogP contribution in [0.2, 0.25) is 0 Å². The first kappa shape index (κ1) is 15.6. The van der Waals surface area contributed by atoms with Crippen molar-refractivity contribution in [1.82, 2.24) is 0 Å². The first-order chi connectivity index (χ1) is 8.72. The van der Waals surface area contributed by atoms with Gasteiger partial charge in [-0.15, -0.1) is 0 Å². The van der Waals surface area contributed by atoms with Crippen LogP contribution in [0.3, 0.4) is 0 Å². The summed E-state index contributed by atoms with van der Waals surface area (Å²) in [6, 6.07) is 6.17. The lowest BCUT2D eigenvalue weighted by molar-refractivity contribution is 0.291. The number of benzene rings is 1. The molecular formula is C14H22O2S2. The number of hydrogen-bond acceptors (Lipinski definition) is 4. The third kappa shape index (κ3) is 4.65. The van der Waals surface area contributed by atoms with Crippen molar-refractivity contribution in [2.24, 2.45) is 0 Å². The summed E-state index contributed by atoms with van der Waals surface area (Å²) in [6.07, 6.45) is 1.11. The molecule has 2 nitrogen and oxygen atoms in total. The molecule has 0 aliphatic rings. The predicted molar refractivity (Wildman–Crippen MR) is 83.8 cm³/mol. The SMILES string of the molecule is CCC(C)c1ccc(OCCS)c(OCCS)c1. The van der Waals surface area contributed by atoms with E-state index in [2.05, 4.69) is 51.2 Å². The topological polar surface area (TPSA) is 18.5 Å². The number of thiol groups is 2. The highest BCUT2D eigenvalue weighted by Gasteiger charge is 2.10. The van der Waals surface area contributed by atoms with Gasteiger partial charge >= 0.3 is 0 Å². The van der Waals surface area contributed by atoms with Crippen LogP contribution in [-0.4, -0.2) is 24.7 Å². The molecule has 1 aromatic rings. The fourth-order valence-electron chi connectivity index (χ4n) is 1.61. The van der Waals surface area contributed by atoms with E-state index in [1.165, 1.54) is 5.56 Å². The molecule has 1 unspecified atom stereocenters. The largest absolute Gasteiger partial charge is 0.489 e. The Balaban J connectivity index is 2.88. The van der Waals surface area contributed by atoms with Crippen molar-refractivity contribution >= 4 is 25.3 Å². The van der Waals surface area contributed by atoms with Crippen molar-refractivity contribution in [1.29, 1.82) is 0 Å². The Morgan fingerprint density at radius 2 is 1.67 bits per heavy atom. The minimum atomic E-state index is 0.530. The van der Waals surface area contributed by atoms with Gasteiger partial charge in [-0.25, -0.2) is 0 Å². The van der Waals surface area contributed by atoms with Gasteiger partial charge < -0.3 is 9.47 Å². The molecule has 0 heterocycles. The maximum atomic E-state index is 5.69. The van der Waals surface area contributed by atoms with E-state index >= 15 is 0 Å². The summed E-state index contributed by atoms with van der Waals surface area (Å²) in [5.74, 6) is 3.52. The summed E-state index contributed by atoms with van der Waals surface area (Å²) in [4.78, 5) is 0. The molecule has 0 aromatic heterocycles. The van der Waals surface area contributed by atoms with Gasteiger partial charge in [-0.1, -0.05) is 19.9 Å². The highest BCUT2D eigenvalue weighted by atomic mass is 32.1. The molecule has 0 aliphatic heterocycles. The zero-order valence-corrected chi connectivity index (χ0v) is 12.8. The van der Waals surface area contributed by atoms with Crippen molar-refractivity contribution in [2.45, 2.75) is 26.2 Å². The van der Waals surface area contributed by atoms with E-state index in [-0.39, 0.29) is 0 Å². The van der Waals surface area contributed by atoms with Crippen LogP contribution in [-0.2, 0) is 0 Å². The fourth-order valence-corrected chi connectivity index (χ4v) is 1.79. The van der Waals surface area contributed by atoms with Crippen LogP contribution < -0.4 is 9.47 Å². The van der Waals surface area contributed by atoms with Crippen LogP contribution in [0, 0.1) is 0 Å². The van der Waals surface area contributed by atoms with Gasteiger partial charge in [0.2, 0.25) is 0 Å². The van der Waals surface area contributed by atoms with Crippen molar-refractivity contribution in [3.05, 3.63) is 23.8 Å². The van der Waals surface area contributed by atoms with Crippen molar-refractivity contribution < 1.29 is 9.47 Å². The summed E-state index contributed by atoms with van der Waals surface area (Å²) in [6.45, 7) is 5.57. The summed E-state index contributed by atoms with van der Waals surface area (Å²) >= 11 is 8.31. The maximum Gasteiger partial charge on any atom is 0.161 e. The first-order valence-electron chi connectivity index (χ1n) is 6.34. The van der Waals surface area contributed by atoms with Crippen molar-refractivity contribution in [3.8, 4) is 11.5 Å². The van der Waals surface area contributed by atoms with Gasteiger partial charge in [-0.2, -0.15) is 25.3 Å². The Kier molecular flexibility index (Phi) is 7.44. The molecule has 1 aromatic carbocycles. The number of hydrogen-bond donors (Lipinski definition) is 2. The van der Waals surface area contributed by atoms with Crippen LogP contribution in [0.1, 0.15) is 31.7 Å². The lowest BCUT2D eigenvalue weighted by Gasteiger charge is -2.15. The van der Waals surface area contributed by atoms with Crippen molar-refractivity contribution in [3.63, 3.8) is 0 Å². The molecule has 4 heteroatoms. The minimum Gasteiger partial charge on any atom is -0.489 e. The lowest BCUT2D eigenvalue weighted by atomic mass is 9.98. The average molecular weight is 286 g/mol. The van der Waals surface area contributed by atoms with Crippen LogP contribution >= 0.6 is 25.3 Å². The van der Waals surface area contributed by atoms with Gasteiger partial charge in [0, 0.05) is 11.5 Å². The van der Waals surface area contributed by atoms with E-state index in [0.717, 1.165) is 17.9 Å². The molecule has 0 saturated heterocycles. The Morgan fingerprint density at radius 3 is 2.22 bits per heavy atom. The Labute approximate surface area is 121 Å². The number of rotatable bonds is 8. The molecule has 0 saturated carbocycles. The van der Waals surface area contributed by atoms with Gasteiger partial charge in [0.25, 0.3) is 0 Å². The first-order valence-corrected chi connectivity index (χ1v) is 7.60. The third-order valence-electron chi connectivity index (χ3n) is 2.85. The molecule has 0 bridgehead atoms.